The van der Waals surface area contributed by atoms with E-state index >= 15 is 0 Å². The third-order valence-electron chi connectivity index (χ3n) is 3.11. The van der Waals surface area contributed by atoms with Crippen LogP contribution >= 0.6 is 0 Å². The van der Waals surface area contributed by atoms with Gasteiger partial charge in [-0.05, 0) is 13.0 Å². The molecule has 0 aliphatic carbocycles. The average molecular weight is 309 g/mol. The lowest BCUT2D eigenvalue weighted by molar-refractivity contribution is 0.422. The second-order valence-electron chi connectivity index (χ2n) is 4.50. The minimum atomic E-state index is -4.17. The summed E-state index contributed by atoms with van der Waals surface area (Å²) in [5.41, 5.74) is -0.587. The Morgan fingerprint density at radius 2 is 2.00 bits per heavy atom. The van der Waals surface area contributed by atoms with Crippen molar-refractivity contribution in [1.29, 1.82) is 0 Å². The summed E-state index contributed by atoms with van der Waals surface area (Å²) < 4.78 is 39.6. The standard InChI is InChI=1S/C13H11NO6S/c1-6-5-8(15)9-10(18-2)7-3-4-19-11(7)13(12(9)20-6)21(14,16)17/h3-5H,1-2H3,(H2,14,16,17). The van der Waals surface area contributed by atoms with Gasteiger partial charge in [0.2, 0.25) is 10.0 Å². The molecule has 1 aromatic carbocycles. The number of rotatable bonds is 2. The highest BCUT2D eigenvalue weighted by Crippen LogP contribution is 2.39. The number of fused-ring (bicyclic) bond motifs is 2. The Bertz CT molecular complexity index is 1030. The van der Waals surface area contributed by atoms with Gasteiger partial charge in [0.1, 0.15) is 16.9 Å². The van der Waals surface area contributed by atoms with E-state index in [4.69, 9.17) is 18.7 Å². The Balaban J connectivity index is 2.78. The number of aryl methyl sites for hydroxylation is 1. The lowest BCUT2D eigenvalue weighted by Gasteiger charge is -2.10. The summed E-state index contributed by atoms with van der Waals surface area (Å²) in [5.74, 6) is 0.445. The SMILES string of the molecule is COc1c2ccoc2c(S(N)(=O)=O)c2oc(C)cc(=O)c12. The van der Waals surface area contributed by atoms with Crippen molar-refractivity contribution in [1.82, 2.24) is 0 Å². The number of ether oxygens (including phenoxy) is 1. The minimum absolute atomic E-state index is 0.00407. The van der Waals surface area contributed by atoms with Crippen LogP contribution in [0, 0.1) is 6.92 Å². The predicted octanol–water partition coefficient (Wildman–Crippen LogP) is 1.50. The highest BCUT2D eigenvalue weighted by atomic mass is 32.2. The van der Waals surface area contributed by atoms with E-state index in [-0.39, 0.29) is 33.0 Å². The molecule has 21 heavy (non-hydrogen) atoms. The molecule has 0 saturated heterocycles. The molecule has 0 aliphatic heterocycles. The molecule has 3 aromatic rings. The molecule has 7 nitrogen and oxygen atoms in total. The van der Waals surface area contributed by atoms with Crippen molar-refractivity contribution in [3.05, 3.63) is 34.4 Å². The van der Waals surface area contributed by atoms with Gasteiger partial charge in [-0.25, -0.2) is 13.6 Å². The number of hydrogen-bond acceptors (Lipinski definition) is 6. The van der Waals surface area contributed by atoms with Crippen LogP contribution in [0.15, 0.2) is 36.9 Å². The zero-order chi connectivity index (χ0) is 15.4. The average Bonchev–Trinajstić information content (AvgIpc) is 2.82. The van der Waals surface area contributed by atoms with E-state index in [1.54, 1.807) is 0 Å². The highest BCUT2D eigenvalue weighted by molar-refractivity contribution is 7.89. The van der Waals surface area contributed by atoms with Gasteiger partial charge in [-0.1, -0.05) is 0 Å². The van der Waals surface area contributed by atoms with Crippen molar-refractivity contribution < 1.29 is 22.0 Å². The fourth-order valence-corrected chi connectivity index (χ4v) is 3.18. The van der Waals surface area contributed by atoms with Crippen LogP contribution in [0.5, 0.6) is 5.75 Å². The fourth-order valence-electron chi connectivity index (χ4n) is 2.36. The molecule has 0 unspecified atom stereocenters. The van der Waals surface area contributed by atoms with Gasteiger partial charge in [-0.15, -0.1) is 0 Å². The third kappa shape index (κ3) is 1.91. The van der Waals surface area contributed by atoms with E-state index in [0.29, 0.717) is 5.39 Å². The van der Waals surface area contributed by atoms with Gasteiger partial charge < -0.3 is 13.6 Å². The first-order chi connectivity index (χ1) is 9.84. The molecule has 0 radical (unpaired) electrons. The molecule has 8 heteroatoms. The number of nitrogens with two attached hydrogens (primary N) is 1. The van der Waals surface area contributed by atoms with Crippen molar-refractivity contribution in [2.45, 2.75) is 11.8 Å². The van der Waals surface area contributed by atoms with Crippen LogP contribution in [-0.4, -0.2) is 15.5 Å². The van der Waals surface area contributed by atoms with Crippen LogP contribution in [0.2, 0.25) is 0 Å². The van der Waals surface area contributed by atoms with Gasteiger partial charge in [0, 0.05) is 6.07 Å². The van der Waals surface area contributed by atoms with Crippen LogP contribution in [0.4, 0.5) is 0 Å². The lowest BCUT2D eigenvalue weighted by Crippen LogP contribution is -2.15. The zero-order valence-corrected chi connectivity index (χ0v) is 12.0. The minimum Gasteiger partial charge on any atom is -0.495 e. The Morgan fingerprint density at radius 1 is 1.29 bits per heavy atom. The van der Waals surface area contributed by atoms with Crippen molar-refractivity contribution in [3.8, 4) is 5.75 Å². The summed E-state index contributed by atoms with van der Waals surface area (Å²) in [5, 5.41) is 5.60. The molecule has 2 heterocycles. The topological polar surface area (TPSA) is 113 Å². The zero-order valence-electron chi connectivity index (χ0n) is 11.2. The number of sulfonamides is 1. The summed E-state index contributed by atoms with van der Waals surface area (Å²) in [6.45, 7) is 1.53. The number of methoxy groups -OCH3 is 1. The molecule has 0 fully saturated rings. The van der Waals surface area contributed by atoms with E-state index in [1.165, 1.54) is 32.4 Å². The summed E-state index contributed by atoms with van der Waals surface area (Å²) >= 11 is 0. The normalized spacial score (nSPS) is 12.1. The molecule has 3 rings (SSSR count). The first kappa shape index (κ1) is 13.7. The van der Waals surface area contributed by atoms with Crippen molar-refractivity contribution in [3.63, 3.8) is 0 Å². The van der Waals surface area contributed by atoms with Crippen LogP contribution in [0.3, 0.4) is 0 Å². The van der Waals surface area contributed by atoms with Gasteiger partial charge in [0.15, 0.2) is 21.5 Å². The van der Waals surface area contributed by atoms with Gasteiger partial charge in [-0.2, -0.15) is 0 Å². The lowest BCUT2D eigenvalue weighted by atomic mass is 10.1. The third-order valence-corrected chi connectivity index (χ3v) is 4.05. The maximum absolute atomic E-state index is 12.2. The van der Waals surface area contributed by atoms with E-state index < -0.39 is 15.5 Å². The fraction of sp³-hybridized carbons (Fsp3) is 0.154. The molecule has 0 aliphatic rings. The maximum atomic E-state index is 12.2. The summed E-state index contributed by atoms with van der Waals surface area (Å²) in [6.07, 6.45) is 1.29. The molecular formula is C13H11NO6S. The molecule has 2 N–H and O–H groups in total. The summed E-state index contributed by atoms with van der Waals surface area (Å²) in [4.78, 5) is 11.9. The van der Waals surface area contributed by atoms with Gasteiger partial charge >= 0.3 is 0 Å². The molecule has 0 saturated carbocycles. The Labute approximate surface area is 118 Å². The largest absolute Gasteiger partial charge is 0.495 e. The van der Waals surface area contributed by atoms with Gasteiger partial charge in [0.25, 0.3) is 0 Å². The monoisotopic (exact) mass is 309 g/mol. The molecular weight excluding hydrogens is 298 g/mol. The molecule has 0 atom stereocenters. The predicted molar refractivity (Wildman–Crippen MR) is 74.9 cm³/mol. The Hall–Kier alpha value is -2.32. The second-order valence-corrected chi connectivity index (χ2v) is 5.99. The number of primary sulfonamides is 1. The Kier molecular flexibility index (Phi) is 2.82. The van der Waals surface area contributed by atoms with E-state index in [0.717, 1.165) is 0 Å². The van der Waals surface area contributed by atoms with Crippen LogP contribution in [0.25, 0.3) is 21.9 Å². The first-order valence-electron chi connectivity index (χ1n) is 5.89. The first-order valence-corrected chi connectivity index (χ1v) is 7.43. The maximum Gasteiger partial charge on any atom is 0.245 e. The molecule has 0 bridgehead atoms. The second kappa shape index (κ2) is 4.34. The number of hydrogen-bond donors (Lipinski definition) is 1. The summed E-state index contributed by atoms with van der Waals surface area (Å²) in [6, 6.07) is 2.76. The summed E-state index contributed by atoms with van der Waals surface area (Å²) in [7, 11) is -2.79. The van der Waals surface area contributed by atoms with Gasteiger partial charge in [-0.3, -0.25) is 4.79 Å². The van der Waals surface area contributed by atoms with Crippen LogP contribution in [-0.2, 0) is 10.0 Å². The van der Waals surface area contributed by atoms with E-state index in [9.17, 15) is 13.2 Å². The van der Waals surface area contributed by atoms with Crippen LogP contribution in [0.1, 0.15) is 5.76 Å². The molecule has 0 spiro atoms. The van der Waals surface area contributed by atoms with Crippen LogP contribution < -0.4 is 15.3 Å². The van der Waals surface area contributed by atoms with Crippen molar-refractivity contribution in [2.24, 2.45) is 5.14 Å². The number of furan rings is 1. The van der Waals surface area contributed by atoms with Crippen molar-refractivity contribution in [2.75, 3.05) is 7.11 Å². The number of benzene rings is 1. The molecule has 110 valence electrons. The van der Waals surface area contributed by atoms with E-state index in [1.807, 2.05) is 0 Å². The van der Waals surface area contributed by atoms with Gasteiger partial charge in [0.05, 0.1) is 18.8 Å². The molecule has 2 aromatic heterocycles. The highest BCUT2D eigenvalue weighted by Gasteiger charge is 2.27. The van der Waals surface area contributed by atoms with E-state index in [2.05, 4.69) is 0 Å². The quantitative estimate of drug-likeness (QED) is 0.767. The van der Waals surface area contributed by atoms with Crippen molar-refractivity contribution >= 4 is 32.0 Å². The Morgan fingerprint density at radius 3 is 2.62 bits per heavy atom. The smallest absolute Gasteiger partial charge is 0.245 e. The molecule has 0 amide bonds.